The summed E-state index contributed by atoms with van der Waals surface area (Å²) in [7, 11) is 0. The van der Waals surface area contributed by atoms with E-state index in [1.165, 1.54) is 0 Å². The number of hydrogen-bond donors (Lipinski definition) is 2. The van der Waals surface area contributed by atoms with Crippen molar-refractivity contribution in [2.24, 2.45) is 5.92 Å². The molecule has 1 aliphatic heterocycles. The van der Waals surface area contributed by atoms with Gasteiger partial charge >= 0.3 is 6.09 Å². The van der Waals surface area contributed by atoms with Gasteiger partial charge in [-0.1, -0.05) is 30.3 Å². The number of nitrogens with zero attached hydrogens (tertiary/aromatic N) is 1. The third kappa shape index (κ3) is 5.23. The standard InChI is InChI=1S/C18H26N2O4/c1-18(2,3)24-17(23)19-15(12-21)14-9-16(22)20(11-14)10-13-7-5-4-6-8-13/h4-8,14-15,21H,9-12H2,1-3H3,(H,19,23). The smallest absolute Gasteiger partial charge is 0.407 e. The van der Waals surface area contributed by atoms with Crippen molar-refractivity contribution in [3.8, 4) is 0 Å². The van der Waals surface area contributed by atoms with Crippen molar-refractivity contribution in [2.45, 2.75) is 45.4 Å². The summed E-state index contributed by atoms with van der Waals surface area (Å²) in [5, 5.41) is 12.3. The van der Waals surface area contributed by atoms with E-state index < -0.39 is 17.7 Å². The van der Waals surface area contributed by atoms with Gasteiger partial charge in [-0.05, 0) is 26.3 Å². The van der Waals surface area contributed by atoms with E-state index in [4.69, 9.17) is 4.74 Å². The Hall–Kier alpha value is -2.08. The van der Waals surface area contributed by atoms with E-state index in [1.54, 1.807) is 25.7 Å². The van der Waals surface area contributed by atoms with Crippen LogP contribution in [0.25, 0.3) is 0 Å². The number of ether oxygens (including phenoxy) is 1. The van der Waals surface area contributed by atoms with Crippen LogP contribution < -0.4 is 5.32 Å². The van der Waals surface area contributed by atoms with E-state index in [0.29, 0.717) is 19.5 Å². The lowest BCUT2D eigenvalue weighted by Gasteiger charge is -2.26. The number of benzene rings is 1. The minimum Gasteiger partial charge on any atom is -0.444 e. The van der Waals surface area contributed by atoms with Crippen LogP contribution in [-0.2, 0) is 16.1 Å². The van der Waals surface area contributed by atoms with E-state index >= 15 is 0 Å². The van der Waals surface area contributed by atoms with E-state index in [1.807, 2.05) is 30.3 Å². The third-order valence-corrected chi connectivity index (χ3v) is 3.93. The van der Waals surface area contributed by atoms with Gasteiger partial charge in [0.1, 0.15) is 5.60 Å². The van der Waals surface area contributed by atoms with Crippen LogP contribution in [0.2, 0.25) is 0 Å². The normalized spacial score (nSPS) is 19.2. The maximum atomic E-state index is 12.2. The van der Waals surface area contributed by atoms with Crippen LogP contribution in [0.4, 0.5) is 4.79 Å². The number of aliphatic hydroxyl groups is 1. The predicted octanol–water partition coefficient (Wildman–Crippen LogP) is 1.92. The van der Waals surface area contributed by atoms with Gasteiger partial charge in [0.05, 0.1) is 12.6 Å². The van der Waals surface area contributed by atoms with E-state index in [-0.39, 0.29) is 18.4 Å². The quantitative estimate of drug-likeness (QED) is 0.862. The summed E-state index contributed by atoms with van der Waals surface area (Å²) in [4.78, 5) is 25.9. The minimum absolute atomic E-state index is 0.0355. The summed E-state index contributed by atoms with van der Waals surface area (Å²) < 4.78 is 5.22. The molecule has 1 aromatic carbocycles. The second-order valence-electron chi connectivity index (χ2n) is 7.16. The maximum absolute atomic E-state index is 12.2. The zero-order valence-corrected chi connectivity index (χ0v) is 14.5. The molecule has 2 unspecified atom stereocenters. The van der Waals surface area contributed by atoms with Gasteiger partial charge < -0.3 is 20.1 Å². The van der Waals surface area contributed by atoms with Crippen LogP contribution >= 0.6 is 0 Å². The molecular formula is C18H26N2O4. The summed E-state index contributed by atoms with van der Waals surface area (Å²) in [5.41, 5.74) is 0.460. The lowest BCUT2D eigenvalue weighted by atomic mass is 9.99. The minimum atomic E-state index is -0.602. The lowest BCUT2D eigenvalue weighted by Crippen LogP contribution is -2.45. The van der Waals surface area contributed by atoms with Crippen molar-refractivity contribution in [2.75, 3.05) is 13.2 Å². The Morgan fingerprint density at radius 3 is 2.62 bits per heavy atom. The fourth-order valence-electron chi connectivity index (χ4n) is 2.80. The molecule has 2 atom stereocenters. The van der Waals surface area contributed by atoms with Gasteiger partial charge in [0.2, 0.25) is 5.91 Å². The molecule has 24 heavy (non-hydrogen) atoms. The second kappa shape index (κ2) is 7.66. The molecule has 0 aliphatic carbocycles. The highest BCUT2D eigenvalue weighted by molar-refractivity contribution is 5.79. The van der Waals surface area contributed by atoms with Crippen molar-refractivity contribution in [3.63, 3.8) is 0 Å². The highest BCUT2D eigenvalue weighted by Gasteiger charge is 2.35. The molecule has 1 aliphatic rings. The van der Waals surface area contributed by atoms with Crippen molar-refractivity contribution >= 4 is 12.0 Å². The van der Waals surface area contributed by atoms with Crippen LogP contribution in [-0.4, -0.2) is 46.8 Å². The van der Waals surface area contributed by atoms with Crippen molar-refractivity contribution in [1.82, 2.24) is 10.2 Å². The van der Waals surface area contributed by atoms with Crippen LogP contribution in [0.1, 0.15) is 32.8 Å². The molecule has 0 spiro atoms. The Balaban J connectivity index is 1.93. The fraction of sp³-hybridized carbons (Fsp3) is 0.556. The topological polar surface area (TPSA) is 78.9 Å². The number of aliphatic hydroxyl groups excluding tert-OH is 1. The van der Waals surface area contributed by atoms with E-state index in [2.05, 4.69) is 5.32 Å². The second-order valence-corrected chi connectivity index (χ2v) is 7.16. The summed E-state index contributed by atoms with van der Waals surface area (Å²) in [6, 6.07) is 9.27. The summed E-state index contributed by atoms with van der Waals surface area (Å²) >= 11 is 0. The molecule has 0 radical (unpaired) electrons. The molecule has 1 heterocycles. The third-order valence-electron chi connectivity index (χ3n) is 3.93. The van der Waals surface area contributed by atoms with Crippen LogP contribution in [0, 0.1) is 5.92 Å². The first-order valence-electron chi connectivity index (χ1n) is 8.20. The van der Waals surface area contributed by atoms with Gasteiger partial charge in [0, 0.05) is 25.4 Å². The number of likely N-dealkylation sites (tertiary alicyclic amines) is 1. The predicted molar refractivity (Wildman–Crippen MR) is 90.2 cm³/mol. The molecule has 6 nitrogen and oxygen atoms in total. The number of carbonyl (C=O) groups excluding carboxylic acids is 2. The van der Waals surface area contributed by atoms with Crippen LogP contribution in [0.15, 0.2) is 30.3 Å². The van der Waals surface area contributed by atoms with Gasteiger partial charge in [-0.15, -0.1) is 0 Å². The van der Waals surface area contributed by atoms with Crippen molar-refractivity contribution in [1.29, 1.82) is 0 Å². The van der Waals surface area contributed by atoms with Crippen LogP contribution in [0.5, 0.6) is 0 Å². The maximum Gasteiger partial charge on any atom is 0.407 e. The molecule has 1 saturated heterocycles. The number of carbonyl (C=O) groups is 2. The molecule has 6 heteroatoms. The Morgan fingerprint density at radius 1 is 1.38 bits per heavy atom. The molecular weight excluding hydrogens is 308 g/mol. The SMILES string of the molecule is CC(C)(C)OC(=O)NC(CO)C1CC(=O)N(Cc2ccccc2)C1. The van der Waals surface area contributed by atoms with Gasteiger partial charge in [-0.3, -0.25) is 4.79 Å². The average molecular weight is 334 g/mol. The summed E-state index contributed by atoms with van der Waals surface area (Å²) in [6.45, 7) is 6.16. The van der Waals surface area contributed by atoms with Crippen molar-refractivity contribution < 1.29 is 19.4 Å². The van der Waals surface area contributed by atoms with Gasteiger partial charge in [0.25, 0.3) is 0 Å². The van der Waals surface area contributed by atoms with Crippen LogP contribution in [0.3, 0.4) is 0 Å². The highest BCUT2D eigenvalue weighted by atomic mass is 16.6. The zero-order chi connectivity index (χ0) is 17.7. The molecule has 2 amide bonds. The number of rotatable bonds is 5. The number of alkyl carbamates (subject to hydrolysis) is 1. The summed E-state index contributed by atoms with van der Waals surface area (Å²) in [5.74, 6) is -0.0907. The number of hydrogen-bond acceptors (Lipinski definition) is 4. The molecule has 0 bridgehead atoms. The summed E-state index contributed by atoms with van der Waals surface area (Å²) in [6.07, 6.45) is -0.260. The zero-order valence-electron chi connectivity index (χ0n) is 14.5. The monoisotopic (exact) mass is 334 g/mol. The number of amides is 2. The number of nitrogens with one attached hydrogen (secondary N) is 1. The first-order chi connectivity index (χ1) is 11.3. The first-order valence-corrected chi connectivity index (χ1v) is 8.20. The Kier molecular flexibility index (Phi) is 5.83. The molecule has 1 fully saturated rings. The Bertz CT molecular complexity index is 568. The fourth-order valence-corrected chi connectivity index (χ4v) is 2.80. The molecule has 1 aromatic rings. The molecule has 2 rings (SSSR count). The largest absolute Gasteiger partial charge is 0.444 e. The molecule has 0 aromatic heterocycles. The van der Waals surface area contributed by atoms with E-state index in [0.717, 1.165) is 5.56 Å². The van der Waals surface area contributed by atoms with Gasteiger partial charge in [-0.2, -0.15) is 0 Å². The van der Waals surface area contributed by atoms with E-state index in [9.17, 15) is 14.7 Å². The van der Waals surface area contributed by atoms with Gasteiger partial charge in [0.15, 0.2) is 0 Å². The molecule has 0 saturated carbocycles. The average Bonchev–Trinajstić information content (AvgIpc) is 2.85. The first kappa shape index (κ1) is 18.3. The Labute approximate surface area is 142 Å². The molecule has 132 valence electrons. The van der Waals surface area contributed by atoms with Gasteiger partial charge in [-0.25, -0.2) is 4.79 Å². The highest BCUT2D eigenvalue weighted by Crippen LogP contribution is 2.23. The van der Waals surface area contributed by atoms with Crippen molar-refractivity contribution in [3.05, 3.63) is 35.9 Å². The molecule has 2 N–H and O–H groups in total. The lowest BCUT2D eigenvalue weighted by molar-refractivity contribution is -0.128. The Morgan fingerprint density at radius 2 is 2.04 bits per heavy atom.